The summed E-state index contributed by atoms with van der Waals surface area (Å²) in [4.78, 5) is 54.2. The van der Waals surface area contributed by atoms with Crippen LogP contribution in [0.3, 0.4) is 0 Å². The molecule has 8 atom stereocenters. The van der Waals surface area contributed by atoms with Crippen LogP contribution in [-0.2, 0) is 62.7 Å². The minimum absolute atomic E-state index is 0.0481. The molecule has 5 rings (SSSR count). The lowest BCUT2D eigenvalue weighted by Gasteiger charge is -2.44. The fraction of sp³-hybridized carbons (Fsp3) is 0.467. The van der Waals surface area contributed by atoms with Gasteiger partial charge in [0.15, 0.2) is 0 Å². The van der Waals surface area contributed by atoms with Gasteiger partial charge in [0.25, 0.3) is 0 Å². The zero-order valence-corrected chi connectivity index (χ0v) is 33.6. The van der Waals surface area contributed by atoms with Gasteiger partial charge in [0.2, 0.25) is 17.7 Å². The number of benzene rings is 3. The van der Waals surface area contributed by atoms with Gasteiger partial charge in [-0.3, -0.25) is 14.4 Å². The minimum atomic E-state index is -0.929. The van der Waals surface area contributed by atoms with E-state index < -0.39 is 66.4 Å². The molecule has 2 aliphatic rings. The molecule has 0 bridgehead atoms. The standard InChI is InChI=1S/C45H57N3O9/c1-30(2)26-36(43(50)46-31(3)44(51)48-25-15-22-37(48)45(52)53-5)47-39(49)24-23-38-41(55-28-34-18-11-7-12-19-34)42(56-29-35-20-13-8-14-21-35)40(32(4)57-38)54-27-33-16-9-6-10-17-33/h6-14,16-21,23-24,30-32,36-38,40-42H,15,22,25-29H2,1-5H3,(H,46,50)(H,47,49)/b24-23+/t31-,32-,36-,37-,38+,40+,41+,42+/m0/s1. The van der Waals surface area contributed by atoms with Gasteiger partial charge in [0.05, 0.1) is 33.0 Å². The summed E-state index contributed by atoms with van der Waals surface area (Å²) >= 11 is 0. The quantitative estimate of drug-likeness (QED) is 0.130. The molecule has 12 nitrogen and oxygen atoms in total. The third-order valence-corrected chi connectivity index (χ3v) is 10.2. The van der Waals surface area contributed by atoms with Gasteiger partial charge < -0.3 is 39.2 Å². The highest BCUT2D eigenvalue weighted by Gasteiger charge is 2.46. The second-order valence-corrected chi connectivity index (χ2v) is 15.1. The zero-order valence-electron chi connectivity index (χ0n) is 33.6. The van der Waals surface area contributed by atoms with E-state index in [9.17, 15) is 19.2 Å². The van der Waals surface area contributed by atoms with Crippen LogP contribution in [-0.4, -0.2) is 90.9 Å². The number of carbonyl (C=O) groups is 4. The van der Waals surface area contributed by atoms with Crippen molar-refractivity contribution in [2.75, 3.05) is 13.7 Å². The van der Waals surface area contributed by atoms with Crippen molar-refractivity contribution in [1.82, 2.24) is 15.5 Å². The second kappa shape index (κ2) is 21.6. The Morgan fingerprint density at radius 3 is 1.82 bits per heavy atom. The number of methoxy groups -OCH3 is 1. The van der Waals surface area contributed by atoms with Gasteiger partial charge in [-0.2, -0.15) is 0 Å². The molecule has 0 spiro atoms. The van der Waals surface area contributed by atoms with E-state index in [1.807, 2.05) is 112 Å². The van der Waals surface area contributed by atoms with Gasteiger partial charge in [0.1, 0.15) is 42.5 Å². The van der Waals surface area contributed by atoms with Crippen LogP contribution in [0.25, 0.3) is 0 Å². The third-order valence-electron chi connectivity index (χ3n) is 10.2. The van der Waals surface area contributed by atoms with E-state index in [2.05, 4.69) is 10.6 Å². The number of hydrogen-bond acceptors (Lipinski definition) is 9. The van der Waals surface area contributed by atoms with E-state index >= 15 is 0 Å². The van der Waals surface area contributed by atoms with E-state index in [0.717, 1.165) is 16.7 Å². The number of nitrogens with zero attached hydrogens (tertiary/aromatic N) is 1. The maximum Gasteiger partial charge on any atom is 0.328 e. The number of amides is 3. The maximum absolute atomic E-state index is 13.6. The van der Waals surface area contributed by atoms with Crippen molar-refractivity contribution in [3.8, 4) is 0 Å². The molecule has 2 heterocycles. The Bertz CT molecular complexity index is 1760. The average molecular weight is 784 g/mol. The zero-order chi connectivity index (χ0) is 40.7. The van der Waals surface area contributed by atoms with Gasteiger partial charge in [0, 0.05) is 12.6 Å². The smallest absolute Gasteiger partial charge is 0.328 e. The molecule has 0 aromatic heterocycles. The topological polar surface area (TPSA) is 142 Å². The summed E-state index contributed by atoms with van der Waals surface area (Å²) < 4.78 is 31.2. The predicted octanol–water partition coefficient (Wildman–Crippen LogP) is 5.29. The van der Waals surface area contributed by atoms with Crippen LogP contribution < -0.4 is 10.6 Å². The molecule has 3 aromatic carbocycles. The first-order valence-corrected chi connectivity index (χ1v) is 19.8. The van der Waals surface area contributed by atoms with Gasteiger partial charge >= 0.3 is 5.97 Å². The first-order valence-electron chi connectivity index (χ1n) is 19.8. The maximum atomic E-state index is 13.6. The molecule has 0 unspecified atom stereocenters. The highest BCUT2D eigenvalue weighted by atomic mass is 16.6. The number of esters is 1. The minimum Gasteiger partial charge on any atom is -0.467 e. The van der Waals surface area contributed by atoms with Gasteiger partial charge in [-0.25, -0.2) is 4.79 Å². The lowest BCUT2D eigenvalue weighted by molar-refractivity contribution is -0.251. The molecule has 12 heteroatoms. The van der Waals surface area contributed by atoms with E-state index in [4.69, 9.17) is 23.7 Å². The van der Waals surface area contributed by atoms with Crippen molar-refractivity contribution in [1.29, 1.82) is 0 Å². The average Bonchev–Trinajstić information content (AvgIpc) is 3.71. The molecule has 2 fully saturated rings. The number of ether oxygens (including phenoxy) is 5. The van der Waals surface area contributed by atoms with Crippen molar-refractivity contribution in [3.05, 3.63) is 120 Å². The van der Waals surface area contributed by atoms with E-state index in [0.29, 0.717) is 39.0 Å². The summed E-state index contributed by atoms with van der Waals surface area (Å²) in [6.45, 7) is 8.69. The molecule has 2 aliphatic heterocycles. The summed E-state index contributed by atoms with van der Waals surface area (Å²) in [5, 5.41) is 5.60. The Morgan fingerprint density at radius 1 is 0.772 bits per heavy atom. The third kappa shape index (κ3) is 12.6. The summed E-state index contributed by atoms with van der Waals surface area (Å²) in [6, 6.07) is 27.0. The fourth-order valence-corrected chi connectivity index (χ4v) is 7.25. The van der Waals surface area contributed by atoms with E-state index in [-0.39, 0.29) is 18.4 Å². The van der Waals surface area contributed by atoms with Crippen molar-refractivity contribution >= 4 is 23.7 Å². The van der Waals surface area contributed by atoms with Crippen molar-refractivity contribution in [2.24, 2.45) is 5.92 Å². The molecule has 2 saturated heterocycles. The lowest BCUT2D eigenvalue weighted by atomic mass is 9.94. The van der Waals surface area contributed by atoms with Gasteiger partial charge in [-0.05, 0) is 61.8 Å². The van der Waals surface area contributed by atoms with Crippen molar-refractivity contribution < 1.29 is 42.9 Å². The van der Waals surface area contributed by atoms with Crippen molar-refractivity contribution in [2.45, 2.75) is 115 Å². The molecule has 306 valence electrons. The van der Waals surface area contributed by atoms with Crippen LogP contribution in [0, 0.1) is 5.92 Å². The number of carbonyl (C=O) groups excluding carboxylic acids is 4. The highest BCUT2D eigenvalue weighted by Crippen LogP contribution is 2.31. The summed E-state index contributed by atoms with van der Waals surface area (Å²) in [6.07, 6.45) is 1.54. The fourth-order valence-electron chi connectivity index (χ4n) is 7.25. The van der Waals surface area contributed by atoms with Crippen LogP contribution in [0.15, 0.2) is 103 Å². The van der Waals surface area contributed by atoms with Gasteiger partial charge in [-0.15, -0.1) is 0 Å². The number of rotatable bonds is 18. The Kier molecular flexibility index (Phi) is 16.4. The summed E-state index contributed by atoms with van der Waals surface area (Å²) in [7, 11) is 1.29. The molecule has 3 amide bonds. The Hall–Kier alpha value is -4.88. The van der Waals surface area contributed by atoms with Crippen molar-refractivity contribution in [3.63, 3.8) is 0 Å². The predicted molar refractivity (Wildman–Crippen MR) is 214 cm³/mol. The first-order chi connectivity index (χ1) is 27.5. The van der Waals surface area contributed by atoms with E-state index in [1.54, 1.807) is 13.0 Å². The second-order valence-electron chi connectivity index (χ2n) is 15.1. The number of hydrogen-bond donors (Lipinski definition) is 2. The Morgan fingerprint density at radius 2 is 1.30 bits per heavy atom. The number of nitrogens with one attached hydrogen (secondary N) is 2. The van der Waals surface area contributed by atoms with E-state index in [1.165, 1.54) is 18.1 Å². The largest absolute Gasteiger partial charge is 0.467 e. The molecule has 0 saturated carbocycles. The highest BCUT2D eigenvalue weighted by molar-refractivity contribution is 5.95. The lowest BCUT2D eigenvalue weighted by Crippen LogP contribution is -2.59. The number of likely N-dealkylation sites (tertiary alicyclic amines) is 1. The monoisotopic (exact) mass is 783 g/mol. The molecule has 0 radical (unpaired) electrons. The van der Waals surface area contributed by atoms with Crippen LogP contribution in [0.5, 0.6) is 0 Å². The van der Waals surface area contributed by atoms with Crippen LogP contribution in [0.4, 0.5) is 0 Å². The molecule has 3 aromatic rings. The van der Waals surface area contributed by atoms with Crippen LogP contribution >= 0.6 is 0 Å². The summed E-state index contributed by atoms with van der Waals surface area (Å²) in [5.41, 5.74) is 2.95. The van der Waals surface area contributed by atoms with Gasteiger partial charge in [-0.1, -0.05) is 105 Å². The molecular formula is C45H57N3O9. The van der Waals surface area contributed by atoms with Crippen LogP contribution in [0.1, 0.15) is 63.6 Å². The Labute approximate surface area is 336 Å². The summed E-state index contributed by atoms with van der Waals surface area (Å²) in [5.74, 6) is -1.83. The van der Waals surface area contributed by atoms with Crippen LogP contribution in [0.2, 0.25) is 0 Å². The molecule has 2 N–H and O–H groups in total. The molecule has 0 aliphatic carbocycles. The SMILES string of the molecule is COC(=O)[C@@H]1CCCN1C(=O)[C@H](C)NC(=O)[C@H](CC(C)C)NC(=O)/C=C/[C@H]1O[C@@H](C)[C@@H](OCc2ccccc2)[C@@H](OCc2ccccc2)[C@@H]1OCc1ccccc1. The Balaban J connectivity index is 1.33. The molecule has 57 heavy (non-hydrogen) atoms. The normalized spacial score (nSPS) is 23.2. The molecular weight excluding hydrogens is 727 g/mol. The first kappa shape index (κ1) is 43.2.